The molecule has 0 aliphatic carbocycles. The predicted octanol–water partition coefficient (Wildman–Crippen LogP) is -6.08. The highest BCUT2D eigenvalue weighted by Crippen LogP contribution is 2.50. The molecule has 0 amide bonds. The van der Waals surface area contributed by atoms with E-state index in [0.29, 0.717) is 0 Å². The van der Waals surface area contributed by atoms with Gasteiger partial charge in [0.2, 0.25) is 12.6 Å². The Labute approximate surface area is 150 Å². The molecule has 1 saturated heterocycles. The second-order valence-electron chi connectivity index (χ2n) is 5.52. The lowest BCUT2D eigenvalue weighted by Gasteiger charge is -2.35. The molecule has 0 saturated carbocycles. The Morgan fingerprint density at radius 2 is 2.00 bits per heavy atom. The zero-order valence-electron chi connectivity index (χ0n) is 13.2. The Bertz CT molecular complexity index is 952. The van der Waals surface area contributed by atoms with Crippen molar-refractivity contribution in [3.63, 3.8) is 0 Å². The van der Waals surface area contributed by atoms with Gasteiger partial charge in [0, 0.05) is 0 Å². The van der Waals surface area contributed by atoms with Crippen molar-refractivity contribution in [2.45, 2.75) is 24.5 Å². The van der Waals surface area contributed by atoms with E-state index in [4.69, 9.17) is 10.5 Å². The van der Waals surface area contributed by atoms with Gasteiger partial charge in [-0.05, 0) is 4.98 Å². The number of fused-ring (bicyclic) bond motifs is 1. The van der Waals surface area contributed by atoms with Gasteiger partial charge in [-0.2, -0.15) is 4.98 Å². The van der Waals surface area contributed by atoms with Crippen LogP contribution < -0.4 is 35.8 Å². The summed E-state index contributed by atoms with van der Waals surface area (Å²) in [6.45, 7) is -0.946. The quantitative estimate of drug-likeness (QED) is 0.284. The third-order valence-corrected chi connectivity index (χ3v) is 5.79. The number of hydrogen-bond acceptors (Lipinski definition) is 14. The first-order valence-corrected chi connectivity index (χ1v) is 10.2. The second kappa shape index (κ2) is 7.22. The molecule has 5 unspecified atom stereocenters. The molecule has 3 heterocycles. The molecule has 1 fully saturated rings. The number of aliphatic hydroxyl groups is 2. The van der Waals surface area contributed by atoms with Gasteiger partial charge in [-0.1, -0.05) is 0 Å². The van der Waals surface area contributed by atoms with Crippen LogP contribution in [0.25, 0.3) is 0 Å². The molecule has 4 N–H and O–H groups in total. The fourth-order valence-corrected chi connectivity index (χ4v) is 4.09. The Kier molecular flexibility index (Phi) is 5.44. The molecule has 0 radical (unpaired) electrons. The van der Waals surface area contributed by atoms with Crippen LogP contribution in [0.15, 0.2) is 11.3 Å². The van der Waals surface area contributed by atoms with E-state index in [-0.39, 0.29) is 23.3 Å². The lowest BCUT2D eigenvalue weighted by atomic mass is 10.1. The fourth-order valence-electron chi connectivity index (χ4n) is 2.59. The average Bonchev–Trinajstić information content (AvgIpc) is 3.07. The van der Waals surface area contributed by atoms with Crippen molar-refractivity contribution < 1.29 is 47.6 Å². The summed E-state index contributed by atoms with van der Waals surface area (Å²) in [7, 11) is -11.3. The number of aliphatic hydroxyl groups excluding tert-OH is 2. The number of rotatable bonds is 6. The monoisotopic (exact) mass is 425 g/mol. The Balaban J connectivity index is 1.76. The molecule has 15 nitrogen and oxygen atoms in total. The van der Waals surface area contributed by atoms with Crippen molar-refractivity contribution in [1.82, 2.24) is 14.5 Å². The van der Waals surface area contributed by atoms with Crippen molar-refractivity contribution in [3.05, 3.63) is 17.2 Å². The van der Waals surface area contributed by atoms with E-state index in [1.807, 2.05) is 0 Å². The highest BCUT2D eigenvalue weighted by atomic mass is 31.3. The van der Waals surface area contributed by atoms with Gasteiger partial charge >= 0.3 is 5.49 Å². The highest BCUT2D eigenvalue weighted by molar-refractivity contribution is 7.58. The van der Waals surface area contributed by atoms with Crippen molar-refractivity contribution in [3.8, 4) is 0 Å². The number of nitrogens with zero attached hydrogens (tertiary/aromatic N) is 4. The van der Waals surface area contributed by atoms with Crippen LogP contribution in [0.2, 0.25) is 0 Å². The highest BCUT2D eigenvalue weighted by Gasteiger charge is 2.48. The van der Waals surface area contributed by atoms with Gasteiger partial charge in [0.15, 0.2) is 17.8 Å². The minimum absolute atomic E-state index is 0.0288. The summed E-state index contributed by atoms with van der Waals surface area (Å²) in [5, 5.41) is 20.5. The SMILES string of the molecule is Nc1ncnc2c1=NC[N+]=2C1OC(COP(=O)([O-])OP(=O)([O-])[O-])C(O)C1O. The third kappa shape index (κ3) is 4.38. The minimum atomic E-state index is -5.85. The van der Waals surface area contributed by atoms with Gasteiger partial charge in [-0.3, -0.25) is 8.88 Å². The number of phosphoric acid groups is 2. The van der Waals surface area contributed by atoms with Crippen LogP contribution in [0.4, 0.5) is 5.82 Å². The van der Waals surface area contributed by atoms with E-state index >= 15 is 0 Å². The molecular formula is C10H13N5O10P2-2. The predicted molar refractivity (Wildman–Crippen MR) is 76.3 cm³/mol. The van der Waals surface area contributed by atoms with E-state index < -0.39 is 46.8 Å². The standard InChI is InChI=1S/C10H15N5O10P2/c11-8-5-9(13-2-12-8)15(3-14-5)10-7(17)6(16)4(24-10)1-23-27(21,22)25-26(18,19)20/h2,4,6-7,10-11,16-17H,1,3H2,(H3,18,19,20,21,22)/p-2. The molecular weight excluding hydrogens is 412 g/mol. The summed E-state index contributed by atoms with van der Waals surface area (Å²) < 4.78 is 35.9. The number of anilines is 1. The number of aromatic nitrogens is 2. The van der Waals surface area contributed by atoms with Gasteiger partial charge < -0.3 is 44.5 Å². The summed E-state index contributed by atoms with van der Waals surface area (Å²) in [6, 6.07) is 0. The molecule has 0 spiro atoms. The molecule has 3 rings (SSSR count). The average molecular weight is 425 g/mol. The Hall–Kier alpha value is -1.38. The maximum atomic E-state index is 11.3. The lowest BCUT2D eigenvalue weighted by Crippen LogP contribution is -2.48. The van der Waals surface area contributed by atoms with Crippen LogP contribution in [0.5, 0.6) is 0 Å². The van der Waals surface area contributed by atoms with E-state index in [9.17, 15) is 34.0 Å². The van der Waals surface area contributed by atoms with E-state index in [1.165, 1.54) is 4.58 Å². The smallest absolute Gasteiger partial charge is 0.353 e. The summed E-state index contributed by atoms with van der Waals surface area (Å²) in [5.41, 5.74) is 5.90. The van der Waals surface area contributed by atoms with Gasteiger partial charge in [0.25, 0.3) is 7.82 Å². The van der Waals surface area contributed by atoms with Crippen LogP contribution in [-0.2, 0) is 22.7 Å². The zero-order valence-corrected chi connectivity index (χ0v) is 15.0. The normalized spacial score (nSPS) is 30.0. The minimum Gasteiger partial charge on any atom is -0.790 e. The van der Waals surface area contributed by atoms with Crippen LogP contribution >= 0.6 is 15.6 Å². The molecule has 27 heavy (non-hydrogen) atoms. The van der Waals surface area contributed by atoms with Crippen LogP contribution in [-0.4, -0.2) is 58.0 Å². The zero-order chi connectivity index (χ0) is 20.0. The molecule has 2 aliphatic heterocycles. The van der Waals surface area contributed by atoms with Crippen molar-refractivity contribution in [2.75, 3.05) is 19.0 Å². The molecule has 0 aromatic carbocycles. The summed E-state index contributed by atoms with van der Waals surface area (Å²) in [4.78, 5) is 43.9. The Morgan fingerprint density at radius 3 is 2.67 bits per heavy atom. The van der Waals surface area contributed by atoms with Gasteiger partial charge in [0.05, 0.1) is 14.4 Å². The van der Waals surface area contributed by atoms with E-state index in [1.54, 1.807) is 0 Å². The molecule has 2 aliphatic rings. The summed E-state index contributed by atoms with van der Waals surface area (Å²) >= 11 is 0. The number of nitrogen functional groups attached to an aromatic ring is 1. The maximum Gasteiger partial charge on any atom is 0.353 e. The number of phosphoric ester groups is 1. The number of hydrogen-bond donors (Lipinski definition) is 3. The first kappa shape index (κ1) is 20.4. The molecule has 1 aromatic rings. The fraction of sp³-hybridized carbons (Fsp3) is 0.600. The third-order valence-electron chi connectivity index (χ3n) is 3.73. The van der Waals surface area contributed by atoms with Crippen LogP contribution in [0, 0.1) is 0 Å². The molecule has 17 heteroatoms. The topological polar surface area (TPSA) is 239 Å². The first-order valence-electron chi connectivity index (χ1n) is 7.24. The number of nitrogens with two attached hydrogens (primary N) is 1. The maximum absolute atomic E-state index is 11.3. The van der Waals surface area contributed by atoms with Gasteiger partial charge in [-0.25, -0.2) is 9.57 Å². The first-order chi connectivity index (χ1) is 12.5. The van der Waals surface area contributed by atoms with Crippen molar-refractivity contribution in [2.24, 2.45) is 4.99 Å². The molecule has 0 bridgehead atoms. The van der Waals surface area contributed by atoms with E-state index in [0.717, 1.165) is 6.33 Å². The molecule has 5 atom stereocenters. The van der Waals surface area contributed by atoms with Crippen molar-refractivity contribution in [1.29, 1.82) is 0 Å². The van der Waals surface area contributed by atoms with Crippen LogP contribution in [0.3, 0.4) is 0 Å². The second-order valence-corrected chi connectivity index (χ2v) is 8.22. The van der Waals surface area contributed by atoms with Crippen molar-refractivity contribution >= 4 is 21.5 Å². The van der Waals surface area contributed by atoms with Gasteiger partial charge in [-0.15, -0.1) is 0 Å². The largest absolute Gasteiger partial charge is 0.790 e. The van der Waals surface area contributed by atoms with E-state index in [2.05, 4.69) is 23.8 Å². The molecule has 1 aromatic heterocycles. The van der Waals surface area contributed by atoms with Crippen LogP contribution in [0.1, 0.15) is 0 Å². The number of ether oxygens (including phenoxy) is 1. The molecule has 150 valence electrons. The lowest BCUT2D eigenvalue weighted by molar-refractivity contribution is -0.339. The summed E-state index contributed by atoms with van der Waals surface area (Å²) in [6.07, 6.45) is -4.55. The summed E-state index contributed by atoms with van der Waals surface area (Å²) in [5.74, 6) is 0.0968. The Morgan fingerprint density at radius 1 is 1.30 bits per heavy atom. The van der Waals surface area contributed by atoms with Gasteiger partial charge in [0.1, 0.15) is 18.3 Å².